The number of sulfonamides is 1. The van der Waals surface area contributed by atoms with Gasteiger partial charge in [0.15, 0.2) is 0 Å². The van der Waals surface area contributed by atoms with E-state index in [1.165, 1.54) is 12.1 Å². The molecule has 0 saturated heterocycles. The number of aryl methyl sites for hydroxylation is 2. The van der Waals surface area contributed by atoms with Crippen molar-refractivity contribution in [2.75, 3.05) is 5.32 Å². The number of rotatable bonds is 5. The molecule has 2 N–H and O–H groups in total. The van der Waals surface area contributed by atoms with Crippen molar-refractivity contribution in [2.24, 2.45) is 0 Å². The summed E-state index contributed by atoms with van der Waals surface area (Å²) in [4.78, 5) is 12.5. The molecule has 1 fully saturated rings. The van der Waals surface area contributed by atoms with Gasteiger partial charge in [-0.2, -0.15) is 0 Å². The van der Waals surface area contributed by atoms with Crippen LogP contribution in [0.25, 0.3) is 0 Å². The molecule has 2 aromatic rings. The van der Waals surface area contributed by atoms with E-state index >= 15 is 0 Å². The van der Waals surface area contributed by atoms with Gasteiger partial charge in [0, 0.05) is 17.3 Å². The molecule has 0 bridgehead atoms. The van der Waals surface area contributed by atoms with Gasteiger partial charge in [-0.1, -0.05) is 12.1 Å². The second kappa shape index (κ2) is 6.37. The smallest absolute Gasteiger partial charge is 0.255 e. The molecule has 1 aliphatic carbocycles. The van der Waals surface area contributed by atoms with Crippen LogP contribution in [0.4, 0.5) is 5.69 Å². The molecule has 0 unspecified atom stereocenters. The van der Waals surface area contributed by atoms with Gasteiger partial charge in [0.25, 0.3) is 5.91 Å². The Morgan fingerprint density at radius 2 is 1.79 bits per heavy atom. The summed E-state index contributed by atoms with van der Waals surface area (Å²) in [5.41, 5.74) is 3.15. The standard InChI is InChI=1S/C18H20N2O3S/c1-12-6-7-14(10-13(12)2)18(21)19-16-4-3-5-17(11-16)24(22,23)20-15-8-9-15/h3-7,10-11,15,20H,8-9H2,1-2H3,(H,19,21). The van der Waals surface area contributed by atoms with Gasteiger partial charge in [0.2, 0.25) is 10.0 Å². The van der Waals surface area contributed by atoms with Gasteiger partial charge in [0.05, 0.1) is 4.90 Å². The van der Waals surface area contributed by atoms with Gasteiger partial charge in [-0.15, -0.1) is 0 Å². The first-order valence-electron chi connectivity index (χ1n) is 7.86. The zero-order chi connectivity index (χ0) is 17.3. The van der Waals surface area contributed by atoms with Crippen molar-refractivity contribution in [1.82, 2.24) is 4.72 Å². The number of anilines is 1. The predicted molar refractivity (Wildman–Crippen MR) is 93.7 cm³/mol. The molecule has 1 amide bonds. The number of amides is 1. The molecule has 0 heterocycles. The molecule has 0 aliphatic heterocycles. The van der Waals surface area contributed by atoms with Crippen molar-refractivity contribution in [3.05, 3.63) is 59.2 Å². The molecule has 126 valence electrons. The minimum atomic E-state index is -3.53. The van der Waals surface area contributed by atoms with Crippen molar-refractivity contribution in [1.29, 1.82) is 0 Å². The SMILES string of the molecule is Cc1ccc(C(=O)Nc2cccc(S(=O)(=O)NC3CC3)c2)cc1C. The van der Waals surface area contributed by atoms with Crippen LogP contribution in [0.1, 0.15) is 34.3 Å². The topological polar surface area (TPSA) is 75.3 Å². The molecule has 0 atom stereocenters. The van der Waals surface area contributed by atoms with Crippen molar-refractivity contribution < 1.29 is 13.2 Å². The second-order valence-electron chi connectivity index (χ2n) is 6.18. The van der Waals surface area contributed by atoms with Crippen LogP contribution in [0.15, 0.2) is 47.4 Å². The maximum atomic E-state index is 12.4. The van der Waals surface area contributed by atoms with Gasteiger partial charge in [-0.3, -0.25) is 4.79 Å². The monoisotopic (exact) mass is 344 g/mol. The summed E-state index contributed by atoms with van der Waals surface area (Å²) in [6.45, 7) is 3.93. The zero-order valence-electron chi connectivity index (χ0n) is 13.7. The van der Waals surface area contributed by atoms with E-state index in [9.17, 15) is 13.2 Å². The highest BCUT2D eigenvalue weighted by atomic mass is 32.2. The lowest BCUT2D eigenvalue weighted by molar-refractivity contribution is 0.102. The molecule has 1 saturated carbocycles. The fourth-order valence-electron chi connectivity index (χ4n) is 2.32. The molecule has 0 aromatic heterocycles. The molecule has 0 spiro atoms. The number of hydrogen-bond acceptors (Lipinski definition) is 3. The van der Waals surface area contributed by atoms with E-state index < -0.39 is 10.0 Å². The third-order valence-corrected chi connectivity index (χ3v) is 5.59. The lowest BCUT2D eigenvalue weighted by Crippen LogP contribution is -2.25. The fraction of sp³-hybridized carbons (Fsp3) is 0.278. The first-order chi connectivity index (χ1) is 11.3. The molecule has 3 rings (SSSR count). The largest absolute Gasteiger partial charge is 0.322 e. The maximum Gasteiger partial charge on any atom is 0.255 e. The van der Waals surface area contributed by atoms with Crippen LogP contribution in [0.2, 0.25) is 0 Å². The van der Waals surface area contributed by atoms with E-state index in [0.29, 0.717) is 11.3 Å². The molecule has 6 heteroatoms. The third kappa shape index (κ3) is 3.83. The van der Waals surface area contributed by atoms with Crippen molar-refractivity contribution in [3.63, 3.8) is 0 Å². The van der Waals surface area contributed by atoms with Crippen LogP contribution in [0.3, 0.4) is 0 Å². The fourth-order valence-corrected chi connectivity index (χ4v) is 3.67. The highest BCUT2D eigenvalue weighted by Crippen LogP contribution is 2.23. The van der Waals surface area contributed by atoms with E-state index in [1.807, 2.05) is 26.0 Å². The third-order valence-electron chi connectivity index (χ3n) is 4.07. The van der Waals surface area contributed by atoms with Crippen molar-refractivity contribution in [3.8, 4) is 0 Å². The Hall–Kier alpha value is -2.18. The Bertz CT molecular complexity index is 887. The number of hydrogen-bond donors (Lipinski definition) is 2. The minimum absolute atomic E-state index is 0.0452. The lowest BCUT2D eigenvalue weighted by Gasteiger charge is -2.10. The Kier molecular flexibility index (Phi) is 4.43. The zero-order valence-corrected chi connectivity index (χ0v) is 14.5. The molecule has 0 radical (unpaired) electrons. The summed E-state index contributed by atoms with van der Waals surface area (Å²) in [7, 11) is -3.53. The molecule has 5 nitrogen and oxygen atoms in total. The number of carbonyl (C=O) groups is 1. The van der Waals surface area contributed by atoms with E-state index in [0.717, 1.165) is 24.0 Å². The van der Waals surface area contributed by atoms with Gasteiger partial charge in [-0.05, 0) is 68.1 Å². The highest BCUT2D eigenvalue weighted by molar-refractivity contribution is 7.89. The maximum absolute atomic E-state index is 12.4. The Labute approximate surface area is 142 Å². The molecule has 2 aromatic carbocycles. The molecular formula is C18H20N2O3S. The molecular weight excluding hydrogens is 324 g/mol. The van der Waals surface area contributed by atoms with Crippen molar-refractivity contribution in [2.45, 2.75) is 37.6 Å². The summed E-state index contributed by atoms with van der Waals surface area (Å²) in [6.07, 6.45) is 1.75. The van der Waals surface area contributed by atoms with Crippen molar-refractivity contribution >= 4 is 21.6 Å². The summed E-state index contributed by atoms with van der Waals surface area (Å²) >= 11 is 0. The van der Waals surface area contributed by atoms with E-state index in [4.69, 9.17) is 0 Å². The Morgan fingerprint density at radius 1 is 1.04 bits per heavy atom. The van der Waals surface area contributed by atoms with E-state index in [-0.39, 0.29) is 16.8 Å². The Morgan fingerprint density at radius 3 is 2.46 bits per heavy atom. The highest BCUT2D eigenvalue weighted by Gasteiger charge is 2.28. The van der Waals surface area contributed by atoms with E-state index in [2.05, 4.69) is 10.0 Å². The first-order valence-corrected chi connectivity index (χ1v) is 9.34. The van der Waals surface area contributed by atoms with Crippen LogP contribution in [0.5, 0.6) is 0 Å². The average Bonchev–Trinajstić information content (AvgIpc) is 3.33. The van der Waals surface area contributed by atoms with Crippen LogP contribution < -0.4 is 10.0 Å². The minimum Gasteiger partial charge on any atom is -0.322 e. The van der Waals surface area contributed by atoms with Gasteiger partial charge in [-0.25, -0.2) is 13.1 Å². The van der Waals surface area contributed by atoms with Crippen LogP contribution >= 0.6 is 0 Å². The van der Waals surface area contributed by atoms with Crippen LogP contribution in [-0.2, 0) is 10.0 Å². The predicted octanol–water partition coefficient (Wildman–Crippen LogP) is 3.00. The summed E-state index contributed by atoms with van der Waals surface area (Å²) in [5.74, 6) is -0.261. The van der Waals surface area contributed by atoms with Gasteiger partial charge in [0.1, 0.15) is 0 Å². The lowest BCUT2D eigenvalue weighted by atomic mass is 10.1. The average molecular weight is 344 g/mol. The molecule has 1 aliphatic rings. The summed E-state index contributed by atoms with van der Waals surface area (Å²) in [5, 5.41) is 2.76. The second-order valence-corrected chi connectivity index (χ2v) is 7.89. The van der Waals surface area contributed by atoms with E-state index in [1.54, 1.807) is 18.2 Å². The summed E-state index contributed by atoms with van der Waals surface area (Å²) < 4.78 is 27.1. The number of carbonyl (C=O) groups excluding carboxylic acids is 1. The first kappa shape index (κ1) is 16.7. The number of benzene rings is 2. The quantitative estimate of drug-likeness (QED) is 0.875. The summed E-state index contributed by atoms with van der Waals surface area (Å²) in [6, 6.07) is 11.8. The Balaban J connectivity index is 1.78. The van der Waals surface area contributed by atoms with Gasteiger partial charge < -0.3 is 5.32 Å². The molecule has 24 heavy (non-hydrogen) atoms. The normalized spacial score (nSPS) is 14.4. The van der Waals surface area contributed by atoms with Crippen LogP contribution in [0, 0.1) is 13.8 Å². The number of nitrogens with one attached hydrogen (secondary N) is 2. The van der Waals surface area contributed by atoms with Crippen LogP contribution in [-0.4, -0.2) is 20.4 Å². The van der Waals surface area contributed by atoms with Gasteiger partial charge >= 0.3 is 0 Å².